The van der Waals surface area contributed by atoms with Gasteiger partial charge >= 0.3 is 17.9 Å². The standard InChI is InChI=1S/C67H118O6/c1-4-7-10-13-16-18-20-22-24-25-26-27-28-29-30-31-32-33-34-35-36-37-38-39-40-41-43-44-46-48-51-54-57-60-66(69)72-63-64(62-71-65(68)59-56-53-50-15-12-9-6-3)73-67(70)61-58-55-52-49-47-45-42-23-21-19-17-14-11-8-5-2/h7,10,16,18,22,24,26-27,29-30,32-33,64H,4-6,8-9,11-15,17,19-21,23,25,28,31,34-63H2,1-3H3/b10-7-,18-16-,24-22-,27-26-,30-29-,33-32-. The minimum absolute atomic E-state index is 0.0699. The zero-order valence-corrected chi connectivity index (χ0v) is 48.4. The number of ether oxygens (including phenoxy) is 3. The normalized spacial score (nSPS) is 12.5. The Kier molecular flexibility index (Phi) is 58.7. The van der Waals surface area contributed by atoms with Crippen LogP contribution in [0.25, 0.3) is 0 Å². The summed E-state index contributed by atoms with van der Waals surface area (Å²) in [5.41, 5.74) is 0. The van der Waals surface area contributed by atoms with Gasteiger partial charge in [0.1, 0.15) is 13.2 Å². The molecule has 422 valence electrons. The Morgan fingerprint density at radius 3 is 0.836 bits per heavy atom. The minimum atomic E-state index is -0.768. The number of hydrogen-bond acceptors (Lipinski definition) is 6. The molecule has 6 heteroatoms. The Hall–Kier alpha value is -3.15. The van der Waals surface area contributed by atoms with E-state index in [1.54, 1.807) is 0 Å². The van der Waals surface area contributed by atoms with Crippen LogP contribution in [0.15, 0.2) is 72.9 Å². The van der Waals surface area contributed by atoms with E-state index in [0.717, 1.165) is 96.3 Å². The van der Waals surface area contributed by atoms with Crippen LogP contribution < -0.4 is 0 Å². The molecule has 0 spiro atoms. The lowest BCUT2D eigenvalue weighted by atomic mass is 10.0. The lowest BCUT2D eigenvalue weighted by Gasteiger charge is -2.18. The molecule has 0 amide bonds. The van der Waals surface area contributed by atoms with Crippen LogP contribution in [0, 0.1) is 0 Å². The third-order valence-electron chi connectivity index (χ3n) is 13.7. The molecule has 0 aliphatic heterocycles. The Morgan fingerprint density at radius 1 is 0.288 bits per heavy atom. The monoisotopic (exact) mass is 1020 g/mol. The molecule has 0 aromatic carbocycles. The van der Waals surface area contributed by atoms with Gasteiger partial charge in [-0.2, -0.15) is 0 Å². The van der Waals surface area contributed by atoms with Gasteiger partial charge in [-0.05, 0) is 70.6 Å². The summed E-state index contributed by atoms with van der Waals surface area (Å²) in [6, 6.07) is 0. The predicted octanol–water partition coefficient (Wildman–Crippen LogP) is 21.3. The summed E-state index contributed by atoms with van der Waals surface area (Å²) < 4.78 is 16.8. The van der Waals surface area contributed by atoms with E-state index in [1.165, 1.54) is 180 Å². The molecule has 0 aliphatic rings. The molecule has 0 bridgehead atoms. The van der Waals surface area contributed by atoms with Gasteiger partial charge in [0.2, 0.25) is 0 Å². The van der Waals surface area contributed by atoms with Crippen LogP contribution in [0.2, 0.25) is 0 Å². The van der Waals surface area contributed by atoms with E-state index in [-0.39, 0.29) is 31.1 Å². The quantitative estimate of drug-likeness (QED) is 0.0261. The maximum atomic E-state index is 12.8. The molecule has 0 aliphatic carbocycles. The fraction of sp³-hybridized carbons (Fsp3) is 0.776. The zero-order valence-electron chi connectivity index (χ0n) is 48.4. The molecule has 0 heterocycles. The van der Waals surface area contributed by atoms with Gasteiger partial charge < -0.3 is 14.2 Å². The van der Waals surface area contributed by atoms with E-state index in [1.807, 2.05) is 0 Å². The van der Waals surface area contributed by atoms with E-state index in [2.05, 4.69) is 93.7 Å². The molecule has 1 unspecified atom stereocenters. The fourth-order valence-corrected chi connectivity index (χ4v) is 9.04. The number of unbranched alkanes of at least 4 members (excludes halogenated alkanes) is 34. The molecular formula is C67H118O6. The highest BCUT2D eigenvalue weighted by molar-refractivity contribution is 5.71. The highest BCUT2D eigenvalue weighted by Crippen LogP contribution is 2.17. The van der Waals surface area contributed by atoms with E-state index in [0.29, 0.717) is 19.3 Å². The summed E-state index contributed by atoms with van der Waals surface area (Å²) in [6.45, 7) is 6.52. The summed E-state index contributed by atoms with van der Waals surface area (Å²) in [5.74, 6) is -0.862. The summed E-state index contributed by atoms with van der Waals surface area (Å²) in [4.78, 5) is 38.0. The van der Waals surface area contributed by atoms with Crippen molar-refractivity contribution in [2.45, 2.75) is 322 Å². The van der Waals surface area contributed by atoms with Crippen molar-refractivity contribution in [2.75, 3.05) is 13.2 Å². The topological polar surface area (TPSA) is 78.9 Å². The Labute approximate surface area is 453 Å². The number of carbonyl (C=O) groups is 3. The second-order valence-corrected chi connectivity index (χ2v) is 21.0. The fourth-order valence-electron chi connectivity index (χ4n) is 9.04. The van der Waals surface area contributed by atoms with Crippen molar-refractivity contribution in [3.8, 4) is 0 Å². The number of allylic oxidation sites excluding steroid dienone is 12. The smallest absolute Gasteiger partial charge is 0.306 e. The summed E-state index contributed by atoms with van der Waals surface area (Å²) >= 11 is 0. The van der Waals surface area contributed by atoms with Gasteiger partial charge in [-0.25, -0.2) is 0 Å². The van der Waals surface area contributed by atoms with Crippen molar-refractivity contribution in [1.29, 1.82) is 0 Å². The van der Waals surface area contributed by atoms with Crippen LogP contribution in [0.5, 0.6) is 0 Å². The molecule has 0 aromatic rings. The SMILES string of the molecule is CC/C=C\C/C=C\C/C=C\C/C=C\C/C=C\C/C=C\CCCCCCCCCCCCCCCCC(=O)OCC(COC(=O)CCCCCCCCC)OC(=O)CCCCCCCCCCCCCCCCC. The van der Waals surface area contributed by atoms with E-state index in [4.69, 9.17) is 14.2 Å². The van der Waals surface area contributed by atoms with Crippen molar-refractivity contribution in [3.05, 3.63) is 72.9 Å². The van der Waals surface area contributed by atoms with Crippen molar-refractivity contribution in [3.63, 3.8) is 0 Å². The number of hydrogen-bond donors (Lipinski definition) is 0. The highest BCUT2D eigenvalue weighted by atomic mass is 16.6. The number of carbonyl (C=O) groups excluding carboxylic acids is 3. The van der Waals surface area contributed by atoms with Crippen molar-refractivity contribution >= 4 is 17.9 Å². The largest absolute Gasteiger partial charge is 0.462 e. The lowest BCUT2D eigenvalue weighted by molar-refractivity contribution is -0.167. The number of rotatable bonds is 57. The molecule has 0 saturated carbocycles. The first-order chi connectivity index (χ1) is 36.0. The van der Waals surface area contributed by atoms with Gasteiger partial charge in [0.15, 0.2) is 6.10 Å². The lowest BCUT2D eigenvalue weighted by Crippen LogP contribution is -2.30. The van der Waals surface area contributed by atoms with Gasteiger partial charge in [-0.3, -0.25) is 14.4 Å². The average molecular weight is 1020 g/mol. The maximum absolute atomic E-state index is 12.8. The van der Waals surface area contributed by atoms with Gasteiger partial charge in [0, 0.05) is 19.3 Å². The van der Waals surface area contributed by atoms with Gasteiger partial charge in [-0.1, -0.05) is 299 Å². The van der Waals surface area contributed by atoms with Crippen molar-refractivity contribution < 1.29 is 28.6 Å². The first-order valence-corrected chi connectivity index (χ1v) is 31.4. The minimum Gasteiger partial charge on any atom is -0.462 e. The van der Waals surface area contributed by atoms with Crippen LogP contribution in [-0.4, -0.2) is 37.2 Å². The second kappa shape index (κ2) is 61.4. The van der Waals surface area contributed by atoms with Crippen molar-refractivity contribution in [1.82, 2.24) is 0 Å². The third-order valence-corrected chi connectivity index (χ3v) is 13.7. The molecule has 0 saturated heterocycles. The summed E-state index contributed by atoms with van der Waals surface area (Å²) in [6.07, 6.45) is 79.4. The highest BCUT2D eigenvalue weighted by Gasteiger charge is 2.19. The summed E-state index contributed by atoms with van der Waals surface area (Å²) in [5, 5.41) is 0. The molecule has 1 atom stereocenters. The van der Waals surface area contributed by atoms with Crippen LogP contribution in [0.4, 0.5) is 0 Å². The Balaban J connectivity index is 4.02. The average Bonchev–Trinajstić information content (AvgIpc) is 3.39. The molecule has 0 radical (unpaired) electrons. The molecule has 0 N–H and O–H groups in total. The zero-order chi connectivity index (χ0) is 52.9. The first kappa shape index (κ1) is 69.8. The summed E-state index contributed by atoms with van der Waals surface area (Å²) in [7, 11) is 0. The van der Waals surface area contributed by atoms with Gasteiger partial charge in [-0.15, -0.1) is 0 Å². The van der Waals surface area contributed by atoms with Crippen molar-refractivity contribution in [2.24, 2.45) is 0 Å². The van der Waals surface area contributed by atoms with Gasteiger partial charge in [0.25, 0.3) is 0 Å². The Morgan fingerprint density at radius 2 is 0.534 bits per heavy atom. The van der Waals surface area contributed by atoms with Crippen LogP contribution in [0.3, 0.4) is 0 Å². The van der Waals surface area contributed by atoms with E-state index >= 15 is 0 Å². The molecule has 6 nitrogen and oxygen atoms in total. The molecular weight excluding hydrogens is 901 g/mol. The van der Waals surface area contributed by atoms with Gasteiger partial charge in [0.05, 0.1) is 0 Å². The molecule has 0 fully saturated rings. The maximum Gasteiger partial charge on any atom is 0.306 e. The van der Waals surface area contributed by atoms with Crippen LogP contribution in [-0.2, 0) is 28.6 Å². The first-order valence-electron chi connectivity index (χ1n) is 31.4. The second-order valence-electron chi connectivity index (χ2n) is 21.0. The predicted molar refractivity (Wildman–Crippen MR) is 316 cm³/mol. The van der Waals surface area contributed by atoms with E-state index < -0.39 is 6.10 Å². The molecule has 73 heavy (non-hydrogen) atoms. The van der Waals surface area contributed by atoms with Crippen LogP contribution >= 0.6 is 0 Å². The molecule has 0 rings (SSSR count). The van der Waals surface area contributed by atoms with Crippen LogP contribution in [0.1, 0.15) is 316 Å². The number of esters is 3. The third kappa shape index (κ3) is 59.6. The molecule has 0 aromatic heterocycles. The van der Waals surface area contributed by atoms with E-state index in [9.17, 15) is 14.4 Å². The Bertz CT molecular complexity index is 1360.